The number of carbonyl (C=O) groups excluding carboxylic acids is 4. The highest BCUT2D eigenvalue weighted by molar-refractivity contribution is 6.30. The van der Waals surface area contributed by atoms with Gasteiger partial charge in [-0.15, -0.1) is 0 Å². The summed E-state index contributed by atoms with van der Waals surface area (Å²) in [5.74, 6) is -5.65. The quantitative estimate of drug-likeness (QED) is 0.182. The predicted octanol–water partition coefficient (Wildman–Crippen LogP) is 6.37. The number of hydrazine groups is 1. The molecule has 0 bridgehead atoms. The van der Waals surface area contributed by atoms with E-state index in [1.165, 1.54) is 35.2 Å². The summed E-state index contributed by atoms with van der Waals surface area (Å²) in [7, 11) is 0. The van der Waals surface area contributed by atoms with Crippen LogP contribution >= 0.6 is 11.6 Å². The molecule has 3 fully saturated rings. The molecule has 0 unspecified atom stereocenters. The number of benzene rings is 4. The molecule has 4 aromatic carbocycles. The van der Waals surface area contributed by atoms with Gasteiger partial charge >= 0.3 is 0 Å². The SMILES string of the molecule is O=C1[C@H]2[C@H](CC=C3[C@H]2C[C@H]2C(=O)N(Nc4ccc(F)cc4)C(=O)[C@@]2(c2ccc(Cl)cc2)[C@H]3c2cccc(O)c2)C(=O)N1Cc1ccccc1. The number of fused-ring (bicyclic) bond motifs is 4. The minimum absolute atomic E-state index is 0.0176. The van der Waals surface area contributed by atoms with Crippen molar-refractivity contribution in [1.82, 2.24) is 9.91 Å². The summed E-state index contributed by atoms with van der Waals surface area (Å²) in [6, 6.07) is 28.1. The number of hydrogen-bond acceptors (Lipinski definition) is 6. The van der Waals surface area contributed by atoms with Crippen LogP contribution in [0, 0.1) is 29.5 Å². The molecule has 2 heterocycles. The van der Waals surface area contributed by atoms with Crippen molar-refractivity contribution in [2.75, 3.05) is 5.43 Å². The number of nitrogens with zero attached hydrogens (tertiary/aromatic N) is 2. The number of carbonyl (C=O) groups is 4. The lowest BCUT2D eigenvalue weighted by molar-refractivity contribution is -0.142. The van der Waals surface area contributed by atoms with Gasteiger partial charge in [-0.05, 0) is 84.0 Å². The van der Waals surface area contributed by atoms with Crippen LogP contribution in [0.4, 0.5) is 10.1 Å². The van der Waals surface area contributed by atoms with Gasteiger partial charge in [0.25, 0.3) is 11.8 Å². The van der Waals surface area contributed by atoms with Crippen LogP contribution in [0.15, 0.2) is 115 Å². The number of phenols is 1. The zero-order valence-corrected chi connectivity index (χ0v) is 26.9. The van der Waals surface area contributed by atoms with Crippen LogP contribution in [0.5, 0.6) is 5.75 Å². The third kappa shape index (κ3) is 4.78. The molecule has 1 saturated carbocycles. The van der Waals surface area contributed by atoms with E-state index in [0.29, 0.717) is 28.3 Å². The zero-order valence-electron chi connectivity index (χ0n) is 26.1. The van der Waals surface area contributed by atoms with Gasteiger partial charge in [0, 0.05) is 10.9 Å². The summed E-state index contributed by atoms with van der Waals surface area (Å²) in [6.07, 6.45) is 2.40. The standard InChI is InChI=1S/C39H31ClFN3O5/c40-25-11-9-24(10-12-25)39-32(36(47)44(38(39)49)42-27-15-13-26(41)14-16-27)20-31-29(34(39)23-7-4-8-28(45)19-23)17-18-30-33(31)37(48)43(35(30)46)21-22-5-2-1-3-6-22/h1-17,19,30-34,42,45H,18,20-21H2/t30-,31+,32-,33-,34-,39+/m0/s1. The molecule has 4 aliphatic rings. The summed E-state index contributed by atoms with van der Waals surface area (Å²) in [5, 5.41) is 12.2. The number of nitrogens with one attached hydrogen (secondary N) is 1. The van der Waals surface area contributed by atoms with Gasteiger partial charge in [0.15, 0.2) is 0 Å². The molecule has 0 spiro atoms. The molecule has 4 aromatic rings. The van der Waals surface area contributed by atoms with Crippen LogP contribution in [0.2, 0.25) is 5.02 Å². The molecule has 8 nitrogen and oxygen atoms in total. The van der Waals surface area contributed by atoms with Crippen LogP contribution in [0.1, 0.15) is 35.4 Å². The third-order valence-corrected chi connectivity index (χ3v) is 11.0. The summed E-state index contributed by atoms with van der Waals surface area (Å²) < 4.78 is 13.8. The van der Waals surface area contributed by atoms with E-state index < -0.39 is 52.6 Å². The summed E-state index contributed by atoms with van der Waals surface area (Å²) in [6.45, 7) is 0.147. The second-order valence-corrected chi connectivity index (χ2v) is 13.7. The maximum absolute atomic E-state index is 15.1. The van der Waals surface area contributed by atoms with Crippen LogP contribution in [0.25, 0.3) is 0 Å². The minimum Gasteiger partial charge on any atom is -0.508 e. The van der Waals surface area contributed by atoms with E-state index in [0.717, 1.165) is 16.1 Å². The number of rotatable bonds is 6. The highest BCUT2D eigenvalue weighted by Crippen LogP contribution is 2.64. The number of allylic oxidation sites excluding steroid dienone is 2. The second-order valence-electron chi connectivity index (χ2n) is 13.2. The molecule has 2 aliphatic carbocycles. The van der Waals surface area contributed by atoms with E-state index in [1.807, 2.05) is 42.5 Å². The molecule has 49 heavy (non-hydrogen) atoms. The number of hydrogen-bond donors (Lipinski definition) is 2. The smallest absolute Gasteiger partial charge is 0.260 e. The maximum atomic E-state index is 15.1. The Bertz CT molecular complexity index is 2040. The molecule has 0 aromatic heterocycles. The van der Waals surface area contributed by atoms with E-state index in [9.17, 15) is 23.9 Å². The lowest BCUT2D eigenvalue weighted by atomic mass is 9.49. The first-order valence-electron chi connectivity index (χ1n) is 16.2. The molecule has 2 N–H and O–H groups in total. The largest absolute Gasteiger partial charge is 0.508 e. The Morgan fingerprint density at radius 3 is 2.29 bits per heavy atom. The van der Waals surface area contributed by atoms with Gasteiger partial charge in [0.05, 0.1) is 35.4 Å². The molecule has 2 aliphatic heterocycles. The Labute approximate surface area is 286 Å². The van der Waals surface area contributed by atoms with Crippen molar-refractivity contribution < 1.29 is 28.7 Å². The molecule has 10 heteroatoms. The Kier molecular flexibility index (Phi) is 7.41. The Morgan fingerprint density at radius 2 is 1.57 bits per heavy atom. The van der Waals surface area contributed by atoms with E-state index in [4.69, 9.17) is 11.6 Å². The number of amides is 4. The van der Waals surface area contributed by atoms with Gasteiger partial charge in [-0.1, -0.05) is 77.8 Å². The average Bonchev–Trinajstić information content (AvgIpc) is 3.47. The van der Waals surface area contributed by atoms with Crippen molar-refractivity contribution in [3.05, 3.63) is 142 Å². The van der Waals surface area contributed by atoms with Crippen LogP contribution in [-0.4, -0.2) is 38.6 Å². The highest BCUT2D eigenvalue weighted by Gasteiger charge is 2.70. The summed E-state index contributed by atoms with van der Waals surface area (Å²) in [4.78, 5) is 59.2. The fourth-order valence-corrected chi connectivity index (χ4v) is 8.85. The van der Waals surface area contributed by atoms with Gasteiger partial charge in [-0.2, -0.15) is 5.01 Å². The fourth-order valence-electron chi connectivity index (χ4n) is 8.72. The van der Waals surface area contributed by atoms with Crippen molar-refractivity contribution in [2.45, 2.75) is 30.7 Å². The zero-order chi connectivity index (χ0) is 34.0. The normalized spacial score (nSPS) is 27.5. The molecule has 246 valence electrons. The molecular formula is C39H31ClFN3O5. The number of imide groups is 2. The van der Waals surface area contributed by atoms with E-state index in [-0.39, 0.29) is 30.5 Å². The second kappa shape index (κ2) is 11.7. The molecule has 6 atom stereocenters. The van der Waals surface area contributed by atoms with Crippen molar-refractivity contribution in [1.29, 1.82) is 0 Å². The molecular weight excluding hydrogens is 645 g/mol. The van der Waals surface area contributed by atoms with Crippen molar-refractivity contribution >= 4 is 40.9 Å². The first-order chi connectivity index (χ1) is 23.7. The Balaban J connectivity index is 1.29. The molecule has 8 rings (SSSR count). The van der Waals surface area contributed by atoms with Crippen LogP contribution in [-0.2, 0) is 31.1 Å². The lowest BCUT2D eigenvalue weighted by Crippen LogP contribution is -2.53. The number of phenolic OH excluding ortho intramolecular Hbond substituents is 1. The average molecular weight is 676 g/mol. The fraction of sp³-hybridized carbons (Fsp3) is 0.231. The lowest BCUT2D eigenvalue weighted by Gasteiger charge is -2.50. The molecule has 2 saturated heterocycles. The van der Waals surface area contributed by atoms with E-state index in [1.54, 1.807) is 36.4 Å². The van der Waals surface area contributed by atoms with Crippen LogP contribution in [0.3, 0.4) is 0 Å². The highest BCUT2D eigenvalue weighted by atomic mass is 35.5. The van der Waals surface area contributed by atoms with E-state index >= 15 is 4.79 Å². The Morgan fingerprint density at radius 1 is 0.837 bits per heavy atom. The molecule has 4 amide bonds. The minimum atomic E-state index is -1.51. The number of halogens is 2. The van der Waals surface area contributed by atoms with Gasteiger partial charge in [0.2, 0.25) is 11.8 Å². The van der Waals surface area contributed by atoms with Gasteiger partial charge < -0.3 is 5.11 Å². The topological polar surface area (TPSA) is 107 Å². The number of aromatic hydroxyl groups is 1. The van der Waals surface area contributed by atoms with Crippen molar-refractivity contribution in [2.24, 2.45) is 23.7 Å². The Hall–Kier alpha value is -5.28. The first-order valence-corrected chi connectivity index (χ1v) is 16.6. The third-order valence-electron chi connectivity index (χ3n) is 10.7. The molecule has 0 radical (unpaired) electrons. The number of likely N-dealkylation sites (tertiary alicyclic amines) is 1. The van der Waals surface area contributed by atoms with Crippen LogP contribution < -0.4 is 5.43 Å². The van der Waals surface area contributed by atoms with Gasteiger partial charge in [-0.3, -0.25) is 29.5 Å². The predicted molar refractivity (Wildman–Crippen MR) is 179 cm³/mol. The number of anilines is 1. The summed E-state index contributed by atoms with van der Waals surface area (Å²) in [5.41, 5.74) is 4.53. The van der Waals surface area contributed by atoms with Gasteiger partial charge in [0.1, 0.15) is 11.6 Å². The van der Waals surface area contributed by atoms with Crippen molar-refractivity contribution in [3.8, 4) is 5.75 Å². The van der Waals surface area contributed by atoms with Gasteiger partial charge in [-0.25, -0.2) is 4.39 Å². The first kappa shape index (κ1) is 31.0. The van der Waals surface area contributed by atoms with E-state index in [2.05, 4.69) is 5.43 Å². The van der Waals surface area contributed by atoms with Crippen molar-refractivity contribution in [3.63, 3.8) is 0 Å². The summed E-state index contributed by atoms with van der Waals surface area (Å²) >= 11 is 6.33. The maximum Gasteiger partial charge on any atom is 0.260 e. The monoisotopic (exact) mass is 675 g/mol.